The standard InChI is InChI=1S/C7H8ClIN2/c8-7-5(1-3-10)6(9)2-4-11-7/h2,4H,1,3,10H2. The molecule has 1 heterocycles. The van der Waals surface area contributed by atoms with Crippen molar-refractivity contribution >= 4 is 34.2 Å². The van der Waals surface area contributed by atoms with E-state index in [2.05, 4.69) is 27.6 Å². The molecule has 0 aliphatic rings. The number of pyridine rings is 1. The van der Waals surface area contributed by atoms with Crippen molar-refractivity contribution in [3.05, 3.63) is 26.5 Å². The van der Waals surface area contributed by atoms with E-state index in [0.29, 0.717) is 11.7 Å². The van der Waals surface area contributed by atoms with Crippen LogP contribution in [0.25, 0.3) is 0 Å². The molecule has 0 saturated carbocycles. The van der Waals surface area contributed by atoms with E-state index in [4.69, 9.17) is 17.3 Å². The minimum Gasteiger partial charge on any atom is -0.330 e. The molecule has 11 heavy (non-hydrogen) atoms. The molecule has 1 aromatic heterocycles. The first-order valence-electron chi connectivity index (χ1n) is 3.24. The Balaban J connectivity index is 3.00. The maximum absolute atomic E-state index is 5.84. The van der Waals surface area contributed by atoms with Crippen LogP contribution in [0.3, 0.4) is 0 Å². The summed E-state index contributed by atoms with van der Waals surface area (Å²) in [5.74, 6) is 0. The Morgan fingerprint density at radius 1 is 1.64 bits per heavy atom. The van der Waals surface area contributed by atoms with Crippen LogP contribution in [-0.2, 0) is 6.42 Å². The maximum Gasteiger partial charge on any atom is 0.133 e. The smallest absolute Gasteiger partial charge is 0.133 e. The van der Waals surface area contributed by atoms with Gasteiger partial charge in [0.15, 0.2) is 0 Å². The van der Waals surface area contributed by atoms with Gasteiger partial charge >= 0.3 is 0 Å². The van der Waals surface area contributed by atoms with Gasteiger partial charge < -0.3 is 5.73 Å². The molecular formula is C7H8ClIN2. The summed E-state index contributed by atoms with van der Waals surface area (Å²) in [5.41, 5.74) is 6.46. The molecule has 60 valence electrons. The minimum atomic E-state index is 0.572. The number of nitrogens with zero attached hydrogens (tertiary/aromatic N) is 1. The predicted molar refractivity (Wildman–Crippen MR) is 54.7 cm³/mol. The zero-order valence-corrected chi connectivity index (χ0v) is 8.76. The van der Waals surface area contributed by atoms with Gasteiger partial charge in [0.2, 0.25) is 0 Å². The molecule has 0 fully saturated rings. The summed E-state index contributed by atoms with van der Waals surface area (Å²) in [7, 11) is 0. The first kappa shape index (κ1) is 9.22. The minimum absolute atomic E-state index is 0.572. The highest BCUT2D eigenvalue weighted by Crippen LogP contribution is 2.18. The van der Waals surface area contributed by atoms with Crippen molar-refractivity contribution < 1.29 is 0 Å². The van der Waals surface area contributed by atoms with Crippen LogP contribution in [0.5, 0.6) is 0 Å². The highest BCUT2D eigenvalue weighted by molar-refractivity contribution is 14.1. The van der Waals surface area contributed by atoms with Crippen LogP contribution in [0.2, 0.25) is 5.15 Å². The lowest BCUT2D eigenvalue weighted by molar-refractivity contribution is 0.952. The molecule has 2 nitrogen and oxygen atoms in total. The molecular weight excluding hydrogens is 274 g/mol. The van der Waals surface area contributed by atoms with Gasteiger partial charge in [-0.3, -0.25) is 0 Å². The van der Waals surface area contributed by atoms with E-state index < -0.39 is 0 Å². The topological polar surface area (TPSA) is 38.9 Å². The molecule has 2 N–H and O–H groups in total. The number of hydrogen-bond donors (Lipinski definition) is 1. The monoisotopic (exact) mass is 282 g/mol. The maximum atomic E-state index is 5.84. The van der Waals surface area contributed by atoms with Crippen LogP contribution < -0.4 is 5.73 Å². The van der Waals surface area contributed by atoms with Gasteiger partial charge in [0.05, 0.1) is 0 Å². The third-order valence-electron chi connectivity index (χ3n) is 1.34. The zero-order valence-electron chi connectivity index (χ0n) is 5.85. The lowest BCUT2D eigenvalue weighted by atomic mass is 10.2. The molecule has 0 spiro atoms. The van der Waals surface area contributed by atoms with Crippen molar-refractivity contribution in [1.82, 2.24) is 4.98 Å². The summed E-state index contributed by atoms with van der Waals surface area (Å²) in [4.78, 5) is 3.96. The summed E-state index contributed by atoms with van der Waals surface area (Å²) < 4.78 is 1.13. The summed E-state index contributed by atoms with van der Waals surface area (Å²) in [6.07, 6.45) is 2.50. The van der Waals surface area contributed by atoms with E-state index in [9.17, 15) is 0 Å². The Morgan fingerprint density at radius 3 is 2.91 bits per heavy atom. The number of halogens is 2. The van der Waals surface area contributed by atoms with Gasteiger partial charge in [-0.2, -0.15) is 0 Å². The Labute approximate surface area is 84.3 Å². The molecule has 0 unspecified atom stereocenters. The van der Waals surface area contributed by atoms with Gasteiger partial charge in [0, 0.05) is 15.3 Å². The van der Waals surface area contributed by atoms with E-state index in [0.717, 1.165) is 15.6 Å². The summed E-state index contributed by atoms with van der Waals surface area (Å²) in [5, 5.41) is 0.572. The van der Waals surface area contributed by atoms with E-state index in [1.54, 1.807) is 6.20 Å². The molecule has 0 aliphatic heterocycles. The first-order valence-corrected chi connectivity index (χ1v) is 4.70. The van der Waals surface area contributed by atoms with Crippen molar-refractivity contribution in [3.63, 3.8) is 0 Å². The van der Waals surface area contributed by atoms with Crippen molar-refractivity contribution in [2.75, 3.05) is 6.54 Å². The summed E-state index contributed by atoms with van der Waals surface area (Å²) in [6.45, 7) is 0.613. The van der Waals surface area contributed by atoms with Crippen molar-refractivity contribution in [3.8, 4) is 0 Å². The molecule has 0 atom stereocenters. The lowest BCUT2D eigenvalue weighted by Gasteiger charge is -2.02. The van der Waals surface area contributed by atoms with Crippen molar-refractivity contribution in [2.24, 2.45) is 5.73 Å². The van der Waals surface area contributed by atoms with E-state index in [-0.39, 0.29) is 0 Å². The zero-order chi connectivity index (χ0) is 8.27. The molecule has 0 radical (unpaired) electrons. The fraction of sp³-hybridized carbons (Fsp3) is 0.286. The van der Waals surface area contributed by atoms with Gasteiger partial charge in [-0.25, -0.2) is 4.98 Å². The van der Waals surface area contributed by atoms with Gasteiger partial charge in [0.25, 0.3) is 0 Å². The second-order valence-electron chi connectivity index (χ2n) is 2.10. The van der Waals surface area contributed by atoms with Crippen molar-refractivity contribution in [2.45, 2.75) is 6.42 Å². The highest BCUT2D eigenvalue weighted by Gasteiger charge is 2.03. The Bertz CT molecular complexity index is 232. The molecule has 4 heteroatoms. The quantitative estimate of drug-likeness (QED) is 0.664. The van der Waals surface area contributed by atoms with Crippen LogP contribution in [0.15, 0.2) is 12.3 Å². The van der Waals surface area contributed by atoms with Crippen LogP contribution in [-0.4, -0.2) is 11.5 Å². The van der Waals surface area contributed by atoms with Crippen LogP contribution in [0, 0.1) is 3.57 Å². The van der Waals surface area contributed by atoms with E-state index >= 15 is 0 Å². The molecule has 0 amide bonds. The number of aromatic nitrogens is 1. The van der Waals surface area contributed by atoms with Gasteiger partial charge in [-0.05, 0) is 41.6 Å². The molecule has 0 bridgehead atoms. The molecule has 1 rings (SSSR count). The SMILES string of the molecule is NCCc1c(I)ccnc1Cl. The van der Waals surface area contributed by atoms with Gasteiger partial charge in [-0.15, -0.1) is 0 Å². The lowest BCUT2D eigenvalue weighted by Crippen LogP contribution is -2.05. The predicted octanol–water partition coefficient (Wildman–Crippen LogP) is 1.84. The van der Waals surface area contributed by atoms with E-state index in [1.165, 1.54) is 0 Å². The van der Waals surface area contributed by atoms with Gasteiger partial charge in [0.1, 0.15) is 5.15 Å². The summed E-state index contributed by atoms with van der Waals surface area (Å²) in [6, 6.07) is 1.93. The number of rotatable bonds is 2. The first-order chi connectivity index (χ1) is 5.25. The Morgan fingerprint density at radius 2 is 2.36 bits per heavy atom. The molecule has 0 aromatic carbocycles. The molecule has 0 saturated heterocycles. The van der Waals surface area contributed by atoms with Crippen LogP contribution >= 0.6 is 34.2 Å². The van der Waals surface area contributed by atoms with E-state index in [1.807, 2.05) is 6.07 Å². The third-order valence-corrected chi connectivity index (χ3v) is 2.68. The fourth-order valence-corrected chi connectivity index (χ4v) is 1.91. The van der Waals surface area contributed by atoms with Crippen LogP contribution in [0.1, 0.15) is 5.56 Å². The highest BCUT2D eigenvalue weighted by atomic mass is 127. The Kier molecular flexibility index (Phi) is 3.54. The molecule has 0 aliphatic carbocycles. The number of nitrogens with two attached hydrogens (primary N) is 1. The van der Waals surface area contributed by atoms with Crippen LogP contribution in [0.4, 0.5) is 0 Å². The average Bonchev–Trinajstić information content (AvgIpc) is 1.97. The number of hydrogen-bond acceptors (Lipinski definition) is 2. The molecule has 1 aromatic rings. The normalized spacial score (nSPS) is 10.1. The largest absolute Gasteiger partial charge is 0.330 e. The van der Waals surface area contributed by atoms with Gasteiger partial charge in [-0.1, -0.05) is 11.6 Å². The second kappa shape index (κ2) is 4.23. The average molecular weight is 283 g/mol. The van der Waals surface area contributed by atoms with Crippen molar-refractivity contribution in [1.29, 1.82) is 0 Å². The second-order valence-corrected chi connectivity index (χ2v) is 3.62. The fourth-order valence-electron chi connectivity index (χ4n) is 0.812. The Hall–Kier alpha value is 0.130. The third kappa shape index (κ3) is 2.28. The summed E-state index contributed by atoms with van der Waals surface area (Å²) >= 11 is 8.07.